The van der Waals surface area contributed by atoms with Gasteiger partial charge in [-0.2, -0.15) is 0 Å². The van der Waals surface area contributed by atoms with Gasteiger partial charge >= 0.3 is 0 Å². The van der Waals surface area contributed by atoms with E-state index in [1.54, 1.807) is 5.56 Å². The van der Waals surface area contributed by atoms with E-state index in [0.29, 0.717) is 0 Å². The number of halogens is 1. The number of benzene rings is 1. The van der Waals surface area contributed by atoms with E-state index in [2.05, 4.69) is 29.6 Å². The number of nitrogens with one attached hydrogen (secondary N) is 1. The van der Waals surface area contributed by atoms with Crippen LogP contribution in [0, 0.1) is 0 Å². The normalized spacial score (nSPS) is 18.9. The highest BCUT2D eigenvalue weighted by Crippen LogP contribution is 2.33. The maximum atomic E-state index is 3.21. The Balaban J connectivity index is 0.000000720. The number of rotatable bonds is 2. The van der Waals surface area contributed by atoms with Crippen molar-refractivity contribution in [3.63, 3.8) is 0 Å². The third-order valence-corrected chi connectivity index (χ3v) is 2.41. The molecule has 0 saturated carbocycles. The summed E-state index contributed by atoms with van der Waals surface area (Å²) in [6, 6.07) is 8.71. The van der Waals surface area contributed by atoms with Gasteiger partial charge in [-0.15, -0.1) is 12.4 Å². The Hall–Kier alpha value is -0.530. The van der Waals surface area contributed by atoms with Gasteiger partial charge < -0.3 is 5.32 Å². The van der Waals surface area contributed by atoms with E-state index >= 15 is 0 Å². The SMILES string of the molecule is CNCC1Cc2ccccc21.Cl. The van der Waals surface area contributed by atoms with E-state index in [1.807, 2.05) is 7.05 Å². The second kappa shape index (κ2) is 3.92. The molecule has 1 nitrogen and oxygen atoms in total. The van der Waals surface area contributed by atoms with Gasteiger partial charge in [0.1, 0.15) is 0 Å². The molecule has 0 radical (unpaired) electrons. The summed E-state index contributed by atoms with van der Waals surface area (Å²) in [5.41, 5.74) is 3.08. The van der Waals surface area contributed by atoms with Gasteiger partial charge in [-0.1, -0.05) is 24.3 Å². The van der Waals surface area contributed by atoms with Crippen molar-refractivity contribution in [1.29, 1.82) is 0 Å². The van der Waals surface area contributed by atoms with Crippen LogP contribution in [0.3, 0.4) is 0 Å². The van der Waals surface area contributed by atoms with Crippen molar-refractivity contribution in [3.05, 3.63) is 35.4 Å². The van der Waals surface area contributed by atoms with E-state index in [1.165, 1.54) is 12.0 Å². The number of fused-ring (bicyclic) bond motifs is 1. The molecule has 1 unspecified atom stereocenters. The fourth-order valence-electron chi connectivity index (χ4n) is 1.79. The Morgan fingerprint density at radius 3 is 2.83 bits per heavy atom. The molecule has 1 aliphatic carbocycles. The first-order chi connectivity index (χ1) is 5.42. The second-order valence-electron chi connectivity index (χ2n) is 3.16. The Labute approximate surface area is 79.6 Å². The molecule has 1 aromatic rings. The minimum Gasteiger partial charge on any atom is -0.319 e. The smallest absolute Gasteiger partial charge is 0.00204 e. The molecule has 0 aliphatic heterocycles. The van der Waals surface area contributed by atoms with Gasteiger partial charge in [0.2, 0.25) is 0 Å². The predicted octanol–water partition coefficient (Wildman–Crippen LogP) is 1.97. The fraction of sp³-hybridized carbons (Fsp3) is 0.400. The quantitative estimate of drug-likeness (QED) is 0.740. The van der Waals surface area contributed by atoms with Crippen LogP contribution >= 0.6 is 12.4 Å². The summed E-state index contributed by atoms with van der Waals surface area (Å²) in [5.74, 6) is 0.774. The Bertz CT molecular complexity index is 260. The van der Waals surface area contributed by atoms with E-state index in [0.717, 1.165) is 12.5 Å². The maximum Gasteiger partial charge on any atom is 0.00204 e. The molecule has 1 aliphatic rings. The summed E-state index contributed by atoms with van der Waals surface area (Å²) in [6.07, 6.45) is 1.26. The van der Waals surface area contributed by atoms with Gasteiger partial charge in [0.05, 0.1) is 0 Å². The summed E-state index contributed by atoms with van der Waals surface area (Å²) in [5, 5.41) is 3.21. The molecule has 0 amide bonds. The molecule has 0 fully saturated rings. The Morgan fingerprint density at radius 2 is 2.17 bits per heavy atom. The monoisotopic (exact) mass is 183 g/mol. The first-order valence-corrected chi connectivity index (χ1v) is 4.14. The van der Waals surface area contributed by atoms with Crippen LogP contribution in [0.4, 0.5) is 0 Å². The third-order valence-electron chi connectivity index (χ3n) is 2.41. The van der Waals surface area contributed by atoms with E-state index in [9.17, 15) is 0 Å². The van der Waals surface area contributed by atoms with Gasteiger partial charge in [-0.05, 0) is 24.6 Å². The fourth-order valence-corrected chi connectivity index (χ4v) is 1.79. The zero-order valence-corrected chi connectivity index (χ0v) is 8.03. The second-order valence-corrected chi connectivity index (χ2v) is 3.16. The summed E-state index contributed by atoms with van der Waals surface area (Å²) in [4.78, 5) is 0. The van der Waals surface area contributed by atoms with E-state index < -0.39 is 0 Å². The van der Waals surface area contributed by atoms with Crippen molar-refractivity contribution in [3.8, 4) is 0 Å². The van der Waals surface area contributed by atoms with E-state index in [-0.39, 0.29) is 12.4 Å². The lowest BCUT2D eigenvalue weighted by Crippen LogP contribution is -2.26. The highest BCUT2D eigenvalue weighted by molar-refractivity contribution is 5.85. The summed E-state index contributed by atoms with van der Waals surface area (Å²) in [7, 11) is 2.01. The first-order valence-electron chi connectivity index (χ1n) is 4.14. The molecule has 1 N–H and O–H groups in total. The minimum absolute atomic E-state index is 0. The largest absolute Gasteiger partial charge is 0.319 e. The van der Waals surface area contributed by atoms with Crippen molar-refractivity contribution in [2.24, 2.45) is 0 Å². The summed E-state index contributed by atoms with van der Waals surface area (Å²) in [6.45, 7) is 1.12. The van der Waals surface area contributed by atoms with Crippen molar-refractivity contribution in [2.75, 3.05) is 13.6 Å². The molecule has 0 heterocycles. The average molecular weight is 184 g/mol. The average Bonchev–Trinajstić information content (AvgIpc) is 2.01. The zero-order chi connectivity index (χ0) is 7.68. The highest BCUT2D eigenvalue weighted by atomic mass is 35.5. The lowest BCUT2D eigenvalue weighted by Gasteiger charge is -2.29. The number of likely N-dealkylation sites (N-methyl/N-ethyl adjacent to an activating group) is 1. The molecule has 66 valence electrons. The maximum absolute atomic E-state index is 3.21. The molecule has 1 atom stereocenters. The Morgan fingerprint density at radius 1 is 1.42 bits per heavy atom. The van der Waals surface area contributed by atoms with Gasteiger partial charge in [0.25, 0.3) is 0 Å². The van der Waals surface area contributed by atoms with Crippen LogP contribution in [-0.2, 0) is 6.42 Å². The van der Waals surface area contributed by atoms with Crippen molar-refractivity contribution in [2.45, 2.75) is 12.3 Å². The standard InChI is InChI=1S/C10H13N.ClH/c1-11-7-9-6-8-4-2-3-5-10(8)9;/h2-5,9,11H,6-7H2,1H3;1H. The molecule has 0 bridgehead atoms. The summed E-state index contributed by atoms with van der Waals surface area (Å²) < 4.78 is 0. The lowest BCUT2D eigenvalue weighted by atomic mass is 9.78. The number of hydrogen-bond donors (Lipinski definition) is 1. The summed E-state index contributed by atoms with van der Waals surface area (Å²) >= 11 is 0. The van der Waals surface area contributed by atoms with E-state index in [4.69, 9.17) is 0 Å². The van der Waals surface area contributed by atoms with Crippen LogP contribution in [0.25, 0.3) is 0 Å². The molecule has 2 rings (SSSR count). The van der Waals surface area contributed by atoms with Gasteiger partial charge in [0.15, 0.2) is 0 Å². The zero-order valence-electron chi connectivity index (χ0n) is 7.21. The van der Waals surface area contributed by atoms with Crippen LogP contribution < -0.4 is 5.32 Å². The van der Waals surface area contributed by atoms with Crippen LogP contribution in [0.5, 0.6) is 0 Å². The molecular formula is C10H14ClN. The molecule has 0 saturated heterocycles. The molecule has 2 heteroatoms. The lowest BCUT2D eigenvalue weighted by molar-refractivity contribution is 0.568. The molecule has 12 heavy (non-hydrogen) atoms. The van der Waals surface area contributed by atoms with Crippen LogP contribution in [0.15, 0.2) is 24.3 Å². The van der Waals surface area contributed by atoms with Crippen molar-refractivity contribution >= 4 is 12.4 Å². The van der Waals surface area contributed by atoms with Crippen molar-refractivity contribution < 1.29 is 0 Å². The molecule has 1 aromatic carbocycles. The van der Waals surface area contributed by atoms with Crippen LogP contribution in [0.1, 0.15) is 17.0 Å². The Kier molecular flexibility index (Phi) is 3.12. The topological polar surface area (TPSA) is 12.0 Å². The highest BCUT2D eigenvalue weighted by Gasteiger charge is 2.23. The third kappa shape index (κ3) is 1.47. The van der Waals surface area contributed by atoms with Crippen LogP contribution in [0.2, 0.25) is 0 Å². The van der Waals surface area contributed by atoms with Gasteiger partial charge in [-0.25, -0.2) is 0 Å². The van der Waals surface area contributed by atoms with Crippen molar-refractivity contribution in [1.82, 2.24) is 5.32 Å². The van der Waals surface area contributed by atoms with Gasteiger partial charge in [0, 0.05) is 12.5 Å². The molecular weight excluding hydrogens is 170 g/mol. The molecule has 0 aromatic heterocycles. The minimum atomic E-state index is 0. The van der Waals surface area contributed by atoms with Gasteiger partial charge in [-0.3, -0.25) is 0 Å². The molecule has 0 spiro atoms. The predicted molar refractivity (Wildman–Crippen MR) is 54.1 cm³/mol. The number of hydrogen-bond acceptors (Lipinski definition) is 1. The van der Waals surface area contributed by atoms with Crippen LogP contribution in [-0.4, -0.2) is 13.6 Å². The first kappa shape index (κ1) is 9.56.